The Morgan fingerprint density at radius 1 is 0.880 bits per heavy atom. The summed E-state index contributed by atoms with van der Waals surface area (Å²) < 4.78 is 2.06. The number of hydrogen-bond acceptors (Lipinski definition) is 5. The SMILES string of the molecule is Cc1cccc(-n2c(Sc3ccccn3)nnc2-c2ccncc2)c1. The van der Waals surface area contributed by atoms with Gasteiger partial charge < -0.3 is 0 Å². The molecule has 0 bridgehead atoms. The van der Waals surface area contributed by atoms with Crippen molar-refractivity contribution in [3.8, 4) is 17.1 Å². The Kier molecular flexibility index (Phi) is 4.26. The number of rotatable bonds is 4. The van der Waals surface area contributed by atoms with Crippen LogP contribution in [0, 0.1) is 6.92 Å². The molecular formula is C19H15N5S. The number of benzene rings is 1. The second kappa shape index (κ2) is 6.86. The van der Waals surface area contributed by atoms with Gasteiger partial charge in [-0.15, -0.1) is 10.2 Å². The molecule has 0 aliphatic heterocycles. The van der Waals surface area contributed by atoms with E-state index in [1.165, 1.54) is 17.3 Å². The average molecular weight is 345 g/mol. The number of hydrogen-bond donors (Lipinski definition) is 0. The molecule has 0 saturated heterocycles. The molecule has 0 radical (unpaired) electrons. The van der Waals surface area contributed by atoms with Crippen molar-refractivity contribution in [2.45, 2.75) is 17.1 Å². The van der Waals surface area contributed by atoms with Crippen molar-refractivity contribution in [1.82, 2.24) is 24.7 Å². The second-order valence-electron chi connectivity index (χ2n) is 5.49. The zero-order valence-electron chi connectivity index (χ0n) is 13.6. The molecule has 122 valence electrons. The van der Waals surface area contributed by atoms with Gasteiger partial charge >= 0.3 is 0 Å². The van der Waals surface area contributed by atoms with Crippen LogP contribution >= 0.6 is 11.8 Å². The summed E-state index contributed by atoms with van der Waals surface area (Å²) in [5.41, 5.74) is 3.17. The minimum absolute atomic E-state index is 0.774. The minimum Gasteiger partial charge on any atom is -0.270 e. The lowest BCUT2D eigenvalue weighted by Crippen LogP contribution is -2.00. The highest BCUT2D eigenvalue weighted by atomic mass is 32.2. The maximum absolute atomic E-state index is 4.43. The molecular weight excluding hydrogens is 330 g/mol. The van der Waals surface area contributed by atoms with Gasteiger partial charge in [0.2, 0.25) is 5.16 Å². The topological polar surface area (TPSA) is 56.5 Å². The van der Waals surface area contributed by atoms with E-state index >= 15 is 0 Å². The molecule has 0 aliphatic carbocycles. The van der Waals surface area contributed by atoms with E-state index in [4.69, 9.17) is 0 Å². The maximum atomic E-state index is 4.43. The van der Waals surface area contributed by atoms with E-state index in [0.29, 0.717) is 0 Å². The number of aryl methyl sites for hydroxylation is 1. The van der Waals surface area contributed by atoms with E-state index in [0.717, 1.165) is 27.3 Å². The zero-order chi connectivity index (χ0) is 17.1. The molecule has 5 nitrogen and oxygen atoms in total. The number of pyridine rings is 2. The first-order chi connectivity index (χ1) is 12.3. The van der Waals surface area contributed by atoms with Crippen LogP contribution in [-0.2, 0) is 0 Å². The van der Waals surface area contributed by atoms with Crippen molar-refractivity contribution in [1.29, 1.82) is 0 Å². The smallest absolute Gasteiger partial charge is 0.202 e. The van der Waals surface area contributed by atoms with Gasteiger partial charge in [-0.25, -0.2) is 4.98 Å². The summed E-state index contributed by atoms with van der Waals surface area (Å²) in [5, 5.41) is 10.5. The van der Waals surface area contributed by atoms with E-state index in [1.54, 1.807) is 18.6 Å². The summed E-state index contributed by atoms with van der Waals surface area (Å²) in [6.45, 7) is 2.07. The summed E-state index contributed by atoms with van der Waals surface area (Å²) in [5.74, 6) is 0.784. The van der Waals surface area contributed by atoms with Crippen LogP contribution in [0.1, 0.15) is 5.56 Å². The first-order valence-corrected chi connectivity index (χ1v) is 8.65. The highest BCUT2D eigenvalue weighted by Crippen LogP contribution is 2.31. The molecule has 3 aromatic heterocycles. The summed E-state index contributed by atoms with van der Waals surface area (Å²) in [6.07, 6.45) is 5.30. The molecule has 0 spiro atoms. The minimum atomic E-state index is 0.774. The molecule has 0 aliphatic rings. The van der Waals surface area contributed by atoms with Gasteiger partial charge in [-0.3, -0.25) is 9.55 Å². The van der Waals surface area contributed by atoms with Crippen molar-refractivity contribution in [2.75, 3.05) is 0 Å². The van der Waals surface area contributed by atoms with Gasteiger partial charge in [0.25, 0.3) is 0 Å². The molecule has 0 N–H and O–H groups in total. The molecule has 6 heteroatoms. The van der Waals surface area contributed by atoms with Crippen LogP contribution in [0.2, 0.25) is 0 Å². The first kappa shape index (κ1) is 15.5. The molecule has 0 atom stereocenters. The van der Waals surface area contributed by atoms with Crippen LogP contribution < -0.4 is 0 Å². The lowest BCUT2D eigenvalue weighted by Gasteiger charge is -2.10. The van der Waals surface area contributed by atoms with E-state index in [-0.39, 0.29) is 0 Å². The maximum Gasteiger partial charge on any atom is 0.202 e. The molecule has 4 rings (SSSR count). The third kappa shape index (κ3) is 3.29. The van der Waals surface area contributed by atoms with Crippen LogP contribution in [0.15, 0.2) is 83.4 Å². The average Bonchev–Trinajstić information content (AvgIpc) is 3.07. The van der Waals surface area contributed by atoms with E-state index in [1.807, 2.05) is 36.4 Å². The third-order valence-electron chi connectivity index (χ3n) is 3.67. The summed E-state index contributed by atoms with van der Waals surface area (Å²) in [4.78, 5) is 8.47. The monoisotopic (exact) mass is 345 g/mol. The largest absolute Gasteiger partial charge is 0.270 e. The van der Waals surface area contributed by atoms with Crippen molar-refractivity contribution < 1.29 is 0 Å². The van der Waals surface area contributed by atoms with Crippen LogP contribution in [-0.4, -0.2) is 24.7 Å². The fraction of sp³-hybridized carbons (Fsp3) is 0.0526. The van der Waals surface area contributed by atoms with Gasteiger partial charge in [-0.2, -0.15) is 0 Å². The molecule has 4 aromatic rings. The number of aromatic nitrogens is 5. The van der Waals surface area contributed by atoms with Crippen molar-refractivity contribution in [3.05, 3.63) is 78.8 Å². The Bertz CT molecular complexity index is 983. The van der Waals surface area contributed by atoms with Gasteiger partial charge in [0.15, 0.2) is 5.82 Å². The van der Waals surface area contributed by atoms with Crippen LogP contribution in [0.25, 0.3) is 17.1 Å². The predicted molar refractivity (Wildman–Crippen MR) is 97.7 cm³/mol. The summed E-state index contributed by atoms with van der Waals surface area (Å²) in [7, 11) is 0. The van der Waals surface area contributed by atoms with Crippen LogP contribution in [0.3, 0.4) is 0 Å². The van der Waals surface area contributed by atoms with Crippen molar-refractivity contribution in [2.24, 2.45) is 0 Å². The van der Waals surface area contributed by atoms with Gasteiger partial charge in [-0.05, 0) is 60.6 Å². The van der Waals surface area contributed by atoms with E-state index in [9.17, 15) is 0 Å². The first-order valence-electron chi connectivity index (χ1n) is 7.83. The Morgan fingerprint density at radius 3 is 2.52 bits per heavy atom. The molecule has 3 heterocycles. The molecule has 1 aromatic carbocycles. The van der Waals surface area contributed by atoms with Gasteiger partial charge in [0, 0.05) is 24.2 Å². The van der Waals surface area contributed by atoms with Crippen LogP contribution in [0.4, 0.5) is 0 Å². The van der Waals surface area contributed by atoms with Crippen molar-refractivity contribution in [3.63, 3.8) is 0 Å². The number of nitrogens with zero attached hydrogens (tertiary/aromatic N) is 5. The van der Waals surface area contributed by atoms with E-state index < -0.39 is 0 Å². The highest BCUT2D eigenvalue weighted by molar-refractivity contribution is 7.99. The van der Waals surface area contributed by atoms with Gasteiger partial charge in [0.05, 0.1) is 5.69 Å². The predicted octanol–water partition coefficient (Wildman–Crippen LogP) is 4.18. The normalized spacial score (nSPS) is 10.8. The second-order valence-corrected chi connectivity index (χ2v) is 6.47. The molecule has 0 fully saturated rings. The molecule has 0 amide bonds. The Morgan fingerprint density at radius 2 is 1.76 bits per heavy atom. The highest BCUT2D eigenvalue weighted by Gasteiger charge is 2.17. The van der Waals surface area contributed by atoms with Gasteiger partial charge in [0.1, 0.15) is 5.03 Å². The fourth-order valence-corrected chi connectivity index (χ4v) is 3.34. The molecule has 0 unspecified atom stereocenters. The Balaban J connectivity index is 1.86. The lowest BCUT2D eigenvalue weighted by molar-refractivity contribution is 0.882. The fourth-order valence-electron chi connectivity index (χ4n) is 2.52. The lowest BCUT2D eigenvalue weighted by atomic mass is 10.2. The summed E-state index contributed by atoms with van der Waals surface area (Å²) in [6, 6.07) is 18.0. The van der Waals surface area contributed by atoms with E-state index in [2.05, 4.69) is 49.9 Å². The quantitative estimate of drug-likeness (QED) is 0.555. The Hall–Kier alpha value is -2.99. The standard InChI is InChI=1S/C19H15N5S/c1-14-5-4-6-16(13-14)24-18(15-8-11-20-12-9-15)22-23-19(24)25-17-7-2-3-10-21-17/h2-13H,1H3. The summed E-state index contributed by atoms with van der Waals surface area (Å²) >= 11 is 1.49. The van der Waals surface area contributed by atoms with Gasteiger partial charge in [-0.1, -0.05) is 18.2 Å². The molecule has 0 saturated carbocycles. The zero-order valence-corrected chi connectivity index (χ0v) is 14.4. The third-order valence-corrected chi connectivity index (χ3v) is 4.56. The molecule has 25 heavy (non-hydrogen) atoms. The van der Waals surface area contributed by atoms with Crippen LogP contribution in [0.5, 0.6) is 0 Å². The Labute approximate surface area is 149 Å². The van der Waals surface area contributed by atoms with Crippen molar-refractivity contribution >= 4 is 11.8 Å².